The van der Waals surface area contributed by atoms with Crippen molar-refractivity contribution < 1.29 is 0 Å². The van der Waals surface area contributed by atoms with Crippen molar-refractivity contribution >= 4 is 16.3 Å². The molecule has 0 radical (unpaired) electrons. The molecule has 3 heteroatoms. The van der Waals surface area contributed by atoms with E-state index in [2.05, 4.69) is 4.98 Å². The molecule has 0 saturated heterocycles. The summed E-state index contributed by atoms with van der Waals surface area (Å²) < 4.78 is 0. The van der Waals surface area contributed by atoms with E-state index in [0.29, 0.717) is 0 Å². The summed E-state index contributed by atoms with van der Waals surface area (Å²) >= 11 is 1.75. The van der Waals surface area contributed by atoms with Crippen molar-refractivity contribution in [2.75, 3.05) is 5.73 Å². The number of hydrogen-bond donors (Lipinski definition) is 1. The average Bonchev–Trinajstić information content (AvgIpc) is 2.66. The van der Waals surface area contributed by atoms with Gasteiger partial charge < -0.3 is 5.73 Å². The first-order valence-corrected chi connectivity index (χ1v) is 6.49. The Morgan fingerprint density at radius 2 is 2.06 bits per heavy atom. The van der Waals surface area contributed by atoms with Crippen molar-refractivity contribution in [2.24, 2.45) is 0 Å². The van der Waals surface area contributed by atoms with Gasteiger partial charge in [-0.1, -0.05) is 6.07 Å². The minimum Gasteiger partial charge on any atom is -0.390 e. The van der Waals surface area contributed by atoms with Crippen molar-refractivity contribution in [1.82, 2.24) is 4.98 Å². The van der Waals surface area contributed by atoms with Gasteiger partial charge in [0.25, 0.3) is 0 Å². The number of pyridine rings is 1. The molecule has 0 amide bonds. The van der Waals surface area contributed by atoms with E-state index in [1.807, 2.05) is 24.4 Å². The zero-order valence-corrected chi connectivity index (χ0v) is 9.89. The zero-order chi connectivity index (χ0) is 11.0. The van der Waals surface area contributed by atoms with Gasteiger partial charge in [0.1, 0.15) is 0 Å². The largest absolute Gasteiger partial charge is 0.390 e. The maximum atomic E-state index is 6.13. The van der Waals surface area contributed by atoms with Crippen LogP contribution in [0.2, 0.25) is 0 Å². The van der Waals surface area contributed by atoms with Gasteiger partial charge in [0.05, 0.1) is 10.7 Å². The quantitative estimate of drug-likeness (QED) is 0.816. The first-order chi connectivity index (χ1) is 7.86. The Labute approximate surface area is 99.1 Å². The van der Waals surface area contributed by atoms with Crippen molar-refractivity contribution in [1.29, 1.82) is 0 Å². The second-order valence-corrected chi connectivity index (χ2v) is 5.30. The van der Waals surface area contributed by atoms with Gasteiger partial charge in [-0.2, -0.15) is 0 Å². The Kier molecular flexibility index (Phi) is 2.40. The molecule has 2 nitrogen and oxygen atoms in total. The third-order valence-electron chi connectivity index (χ3n) is 3.12. The van der Waals surface area contributed by atoms with E-state index in [9.17, 15) is 0 Å². The standard InChI is InChI=1S/C13H14N2S/c14-13-12(10-6-3-4-8-15-10)9-5-1-2-7-11(9)16-13/h3-4,6,8H,1-2,5,7,14H2. The lowest BCUT2D eigenvalue weighted by Gasteiger charge is -2.12. The van der Waals surface area contributed by atoms with Crippen LogP contribution in [0.25, 0.3) is 11.3 Å². The number of rotatable bonds is 1. The first kappa shape index (κ1) is 9.85. The summed E-state index contributed by atoms with van der Waals surface area (Å²) in [7, 11) is 0. The van der Waals surface area contributed by atoms with Crippen LogP contribution in [-0.2, 0) is 12.8 Å². The van der Waals surface area contributed by atoms with Gasteiger partial charge in [0.15, 0.2) is 0 Å². The fourth-order valence-corrected chi connectivity index (χ4v) is 3.55. The Bertz CT molecular complexity index is 502. The molecule has 0 unspecified atom stereocenters. The van der Waals surface area contributed by atoms with Crippen molar-refractivity contribution in [3.8, 4) is 11.3 Å². The molecular weight excluding hydrogens is 216 g/mol. The number of anilines is 1. The maximum Gasteiger partial charge on any atom is 0.0957 e. The number of aryl methyl sites for hydroxylation is 1. The van der Waals surface area contributed by atoms with Crippen molar-refractivity contribution in [2.45, 2.75) is 25.7 Å². The number of hydrogen-bond acceptors (Lipinski definition) is 3. The van der Waals surface area contributed by atoms with Gasteiger partial charge in [-0.25, -0.2) is 0 Å². The SMILES string of the molecule is Nc1sc2c(c1-c1ccccn1)CCCC2. The number of nitrogens with zero attached hydrogens (tertiary/aromatic N) is 1. The molecule has 2 N–H and O–H groups in total. The van der Waals surface area contributed by atoms with Gasteiger partial charge in [-0.05, 0) is 43.4 Å². The van der Waals surface area contributed by atoms with Crippen molar-refractivity contribution in [3.63, 3.8) is 0 Å². The molecule has 1 aliphatic carbocycles. The van der Waals surface area contributed by atoms with Crippen LogP contribution >= 0.6 is 11.3 Å². The molecule has 0 aliphatic heterocycles. The average molecular weight is 230 g/mol. The molecular formula is C13H14N2S. The van der Waals surface area contributed by atoms with E-state index in [-0.39, 0.29) is 0 Å². The zero-order valence-electron chi connectivity index (χ0n) is 9.07. The number of nitrogens with two attached hydrogens (primary N) is 1. The predicted octanol–water partition coefficient (Wildman–Crippen LogP) is 3.27. The highest BCUT2D eigenvalue weighted by Crippen LogP contribution is 2.41. The molecule has 82 valence electrons. The van der Waals surface area contributed by atoms with E-state index in [4.69, 9.17) is 5.73 Å². The second-order valence-electron chi connectivity index (χ2n) is 4.17. The summed E-state index contributed by atoms with van der Waals surface area (Å²) in [4.78, 5) is 5.89. The Morgan fingerprint density at radius 1 is 1.19 bits per heavy atom. The van der Waals surface area contributed by atoms with Crippen molar-refractivity contribution in [3.05, 3.63) is 34.8 Å². The predicted molar refractivity (Wildman–Crippen MR) is 68.6 cm³/mol. The molecule has 0 spiro atoms. The van der Waals surface area contributed by atoms with E-state index >= 15 is 0 Å². The number of thiophene rings is 1. The fourth-order valence-electron chi connectivity index (χ4n) is 2.38. The van der Waals surface area contributed by atoms with Crippen LogP contribution in [0, 0.1) is 0 Å². The molecule has 16 heavy (non-hydrogen) atoms. The molecule has 2 aromatic heterocycles. The van der Waals surface area contributed by atoms with E-state index in [0.717, 1.165) is 17.1 Å². The highest BCUT2D eigenvalue weighted by atomic mass is 32.1. The van der Waals surface area contributed by atoms with Crippen LogP contribution in [0.5, 0.6) is 0 Å². The normalized spacial score (nSPS) is 14.8. The van der Waals surface area contributed by atoms with Gasteiger partial charge in [-0.15, -0.1) is 11.3 Å². The van der Waals surface area contributed by atoms with E-state index in [1.54, 1.807) is 11.3 Å². The van der Waals surface area contributed by atoms with Gasteiger partial charge in [-0.3, -0.25) is 4.98 Å². The molecule has 0 aromatic carbocycles. The third-order valence-corrected chi connectivity index (χ3v) is 4.24. The fraction of sp³-hybridized carbons (Fsp3) is 0.308. The topological polar surface area (TPSA) is 38.9 Å². The molecule has 0 fully saturated rings. The number of aromatic nitrogens is 1. The number of fused-ring (bicyclic) bond motifs is 1. The summed E-state index contributed by atoms with van der Waals surface area (Å²) in [5, 5.41) is 0.936. The summed E-state index contributed by atoms with van der Waals surface area (Å²) in [6.45, 7) is 0. The molecule has 3 rings (SSSR count). The third kappa shape index (κ3) is 1.52. The molecule has 2 aromatic rings. The maximum absolute atomic E-state index is 6.13. The highest BCUT2D eigenvalue weighted by molar-refractivity contribution is 7.16. The molecule has 1 aliphatic rings. The number of nitrogen functional groups attached to an aromatic ring is 1. The van der Waals surface area contributed by atoms with Crippen LogP contribution in [0.15, 0.2) is 24.4 Å². The minimum atomic E-state index is 0.936. The summed E-state index contributed by atoms with van der Waals surface area (Å²) in [6, 6.07) is 6.01. The Morgan fingerprint density at radius 3 is 2.88 bits per heavy atom. The van der Waals surface area contributed by atoms with Crippen LogP contribution in [0.1, 0.15) is 23.3 Å². The van der Waals surface area contributed by atoms with Crippen LogP contribution < -0.4 is 5.73 Å². The molecule has 0 saturated carbocycles. The van der Waals surface area contributed by atoms with Crippen LogP contribution in [0.4, 0.5) is 5.00 Å². The summed E-state index contributed by atoms with van der Waals surface area (Å²) in [6.07, 6.45) is 6.77. The first-order valence-electron chi connectivity index (χ1n) is 5.67. The summed E-state index contributed by atoms with van der Waals surface area (Å²) in [5.41, 5.74) is 9.80. The summed E-state index contributed by atoms with van der Waals surface area (Å²) in [5.74, 6) is 0. The minimum absolute atomic E-state index is 0.936. The Hall–Kier alpha value is -1.35. The van der Waals surface area contributed by atoms with Gasteiger partial charge in [0, 0.05) is 16.6 Å². The van der Waals surface area contributed by atoms with Crippen LogP contribution in [0.3, 0.4) is 0 Å². The Balaban J connectivity index is 2.17. The highest BCUT2D eigenvalue weighted by Gasteiger charge is 2.20. The molecule has 2 heterocycles. The lowest BCUT2D eigenvalue weighted by Crippen LogP contribution is -2.00. The van der Waals surface area contributed by atoms with Gasteiger partial charge >= 0.3 is 0 Å². The monoisotopic (exact) mass is 230 g/mol. The lowest BCUT2D eigenvalue weighted by atomic mass is 9.94. The smallest absolute Gasteiger partial charge is 0.0957 e. The van der Waals surface area contributed by atoms with E-state index < -0.39 is 0 Å². The molecule has 0 atom stereocenters. The lowest BCUT2D eigenvalue weighted by molar-refractivity contribution is 0.698. The van der Waals surface area contributed by atoms with E-state index in [1.165, 1.54) is 35.3 Å². The second kappa shape index (κ2) is 3.91. The van der Waals surface area contributed by atoms with Gasteiger partial charge in [0.2, 0.25) is 0 Å². The van der Waals surface area contributed by atoms with Crippen LogP contribution in [-0.4, -0.2) is 4.98 Å². The molecule has 0 bridgehead atoms.